The minimum Gasteiger partial charge on any atom is -0.387 e. The summed E-state index contributed by atoms with van der Waals surface area (Å²) in [5.74, 6) is 2.01. The van der Waals surface area contributed by atoms with E-state index in [0.29, 0.717) is 18.2 Å². The van der Waals surface area contributed by atoms with Crippen molar-refractivity contribution in [2.24, 2.45) is 0 Å². The van der Waals surface area contributed by atoms with Gasteiger partial charge in [-0.05, 0) is 20.1 Å². The van der Waals surface area contributed by atoms with Gasteiger partial charge in [0.2, 0.25) is 5.95 Å². The SMILES string of the molecule is CNc1ncc(C)c(NCC(C)(O)CSC)n1. The van der Waals surface area contributed by atoms with E-state index in [2.05, 4.69) is 20.6 Å². The largest absolute Gasteiger partial charge is 0.387 e. The van der Waals surface area contributed by atoms with Crippen LogP contribution in [0.3, 0.4) is 0 Å². The van der Waals surface area contributed by atoms with Gasteiger partial charge in [0.05, 0.1) is 5.60 Å². The quantitative estimate of drug-likeness (QED) is 0.714. The van der Waals surface area contributed by atoms with Crippen molar-refractivity contribution in [3.8, 4) is 0 Å². The van der Waals surface area contributed by atoms with E-state index in [1.807, 2.05) is 20.1 Å². The molecule has 0 fully saturated rings. The van der Waals surface area contributed by atoms with Gasteiger partial charge < -0.3 is 15.7 Å². The van der Waals surface area contributed by atoms with Crippen molar-refractivity contribution in [1.82, 2.24) is 9.97 Å². The molecule has 0 bridgehead atoms. The average Bonchev–Trinajstić information content (AvgIpc) is 2.28. The summed E-state index contributed by atoms with van der Waals surface area (Å²) < 4.78 is 0. The number of anilines is 2. The van der Waals surface area contributed by atoms with Crippen molar-refractivity contribution in [1.29, 1.82) is 0 Å². The molecule has 0 aromatic carbocycles. The Balaban J connectivity index is 2.68. The predicted octanol–water partition coefficient (Wildman–Crippen LogP) is 1.35. The highest BCUT2D eigenvalue weighted by Gasteiger charge is 2.19. The van der Waals surface area contributed by atoms with Crippen molar-refractivity contribution < 1.29 is 5.11 Å². The summed E-state index contributed by atoms with van der Waals surface area (Å²) in [7, 11) is 1.78. The summed E-state index contributed by atoms with van der Waals surface area (Å²) in [6.07, 6.45) is 3.73. The van der Waals surface area contributed by atoms with E-state index in [0.717, 1.165) is 11.4 Å². The van der Waals surface area contributed by atoms with Crippen LogP contribution in [0, 0.1) is 6.92 Å². The third-order valence-electron chi connectivity index (χ3n) is 2.29. The summed E-state index contributed by atoms with van der Waals surface area (Å²) in [5.41, 5.74) is 0.223. The molecule has 1 unspecified atom stereocenters. The zero-order valence-corrected chi connectivity index (χ0v) is 11.6. The zero-order valence-electron chi connectivity index (χ0n) is 10.7. The monoisotopic (exact) mass is 256 g/mol. The van der Waals surface area contributed by atoms with E-state index in [1.165, 1.54) is 0 Å². The third-order valence-corrected chi connectivity index (χ3v) is 3.20. The Kier molecular flexibility index (Phi) is 5.02. The van der Waals surface area contributed by atoms with E-state index in [-0.39, 0.29) is 0 Å². The lowest BCUT2D eigenvalue weighted by Crippen LogP contribution is -2.36. The number of hydrogen-bond donors (Lipinski definition) is 3. The van der Waals surface area contributed by atoms with Crippen LogP contribution in [-0.2, 0) is 0 Å². The molecule has 1 rings (SSSR count). The predicted molar refractivity (Wildman–Crippen MR) is 73.8 cm³/mol. The second-order valence-electron chi connectivity index (χ2n) is 4.26. The fourth-order valence-corrected chi connectivity index (χ4v) is 2.10. The Hall–Kier alpha value is -1.01. The van der Waals surface area contributed by atoms with Gasteiger partial charge in [0.1, 0.15) is 5.82 Å². The highest BCUT2D eigenvalue weighted by Crippen LogP contribution is 2.15. The lowest BCUT2D eigenvalue weighted by atomic mass is 10.1. The molecule has 0 aliphatic rings. The van der Waals surface area contributed by atoms with Crippen LogP contribution in [0.25, 0.3) is 0 Å². The first-order chi connectivity index (χ1) is 7.98. The summed E-state index contributed by atoms with van der Waals surface area (Å²) in [6.45, 7) is 4.21. The number of aromatic nitrogens is 2. The Bertz CT molecular complexity index is 370. The van der Waals surface area contributed by atoms with Crippen molar-refractivity contribution in [3.63, 3.8) is 0 Å². The standard InChI is InChI=1S/C11H20N4OS/c1-8-5-13-10(12-3)15-9(8)14-6-11(2,16)7-17-4/h5,16H,6-7H2,1-4H3,(H2,12,13,14,15). The lowest BCUT2D eigenvalue weighted by molar-refractivity contribution is 0.0996. The summed E-state index contributed by atoms with van der Waals surface area (Å²) >= 11 is 1.62. The Morgan fingerprint density at radius 3 is 2.82 bits per heavy atom. The minimum atomic E-state index is -0.739. The van der Waals surface area contributed by atoms with Gasteiger partial charge in [-0.2, -0.15) is 16.7 Å². The van der Waals surface area contributed by atoms with Crippen LogP contribution >= 0.6 is 11.8 Å². The second kappa shape index (κ2) is 6.07. The summed E-state index contributed by atoms with van der Waals surface area (Å²) in [5, 5.41) is 16.1. The molecule has 0 radical (unpaired) electrons. The molecule has 96 valence electrons. The number of nitrogens with one attached hydrogen (secondary N) is 2. The van der Waals surface area contributed by atoms with Gasteiger partial charge in [-0.25, -0.2) is 4.98 Å². The number of aryl methyl sites for hydroxylation is 1. The van der Waals surface area contributed by atoms with E-state index in [1.54, 1.807) is 25.0 Å². The average molecular weight is 256 g/mol. The van der Waals surface area contributed by atoms with Crippen LogP contribution < -0.4 is 10.6 Å². The number of nitrogens with zero attached hydrogens (tertiary/aromatic N) is 2. The Morgan fingerprint density at radius 1 is 1.53 bits per heavy atom. The zero-order chi connectivity index (χ0) is 12.9. The molecule has 5 nitrogen and oxygen atoms in total. The fourth-order valence-electron chi connectivity index (χ4n) is 1.38. The highest BCUT2D eigenvalue weighted by atomic mass is 32.2. The maximum atomic E-state index is 10.1. The maximum absolute atomic E-state index is 10.1. The van der Waals surface area contributed by atoms with Gasteiger partial charge in [0.25, 0.3) is 0 Å². The first-order valence-corrected chi connectivity index (χ1v) is 6.84. The van der Waals surface area contributed by atoms with Gasteiger partial charge in [-0.3, -0.25) is 0 Å². The van der Waals surface area contributed by atoms with E-state index in [9.17, 15) is 5.11 Å². The van der Waals surface area contributed by atoms with Gasteiger partial charge >= 0.3 is 0 Å². The molecule has 1 atom stereocenters. The van der Waals surface area contributed by atoms with Gasteiger partial charge in [0.15, 0.2) is 0 Å². The molecule has 3 N–H and O–H groups in total. The summed E-state index contributed by atoms with van der Waals surface area (Å²) in [6, 6.07) is 0. The van der Waals surface area contributed by atoms with Crippen LogP contribution in [0.1, 0.15) is 12.5 Å². The van der Waals surface area contributed by atoms with Gasteiger partial charge in [-0.15, -0.1) is 0 Å². The fraction of sp³-hybridized carbons (Fsp3) is 0.636. The smallest absolute Gasteiger partial charge is 0.224 e. The molecule has 1 heterocycles. The molecular formula is C11H20N4OS. The van der Waals surface area contributed by atoms with E-state index < -0.39 is 5.60 Å². The number of aliphatic hydroxyl groups is 1. The molecule has 0 saturated carbocycles. The first-order valence-electron chi connectivity index (χ1n) is 5.45. The van der Waals surface area contributed by atoms with Crippen LogP contribution in [0.2, 0.25) is 0 Å². The molecule has 0 aliphatic heterocycles. The molecular weight excluding hydrogens is 236 g/mol. The third kappa shape index (κ3) is 4.40. The molecule has 0 aliphatic carbocycles. The molecule has 6 heteroatoms. The second-order valence-corrected chi connectivity index (χ2v) is 5.12. The number of hydrogen-bond acceptors (Lipinski definition) is 6. The maximum Gasteiger partial charge on any atom is 0.224 e. The Labute approximate surface area is 106 Å². The van der Waals surface area contributed by atoms with Gasteiger partial charge in [0, 0.05) is 31.1 Å². The van der Waals surface area contributed by atoms with Crippen LogP contribution in [0.4, 0.5) is 11.8 Å². The number of thioether (sulfide) groups is 1. The van der Waals surface area contributed by atoms with Crippen LogP contribution in [0.15, 0.2) is 6.20 Å². The molecule has 0 amide bonds. The minimum absolute atomic E-state index is 0.467. The van der Waals surface area contributed by atoms with Crippen molar-refractivity contribution in [2.45, 2.75) is 19.4 Å². The van der Waals surface area contributed by atoms with E-state index in [4.69, 9.17) is 0 Å². The topological polar surface area (TPSA) is 70.1 Å². The van der Waals surface area contributed by atoms with E-state index >= 15 is 0 Å². The molecule has 1 aromatic heterocycles. The van der Waals surface area contributed by atoms with Gasteiger partial charge in [-0.1, -0.05) is 0 Å². The molecule has 17 heavy (non-hydrogen) atoms. The highest BCUT2D eigenvalue weighted by molar-refractivity contribution is 7.98. The Morgan fingerprint density at radius 2 is 2.24 bits per heavy atom. The van der Waals surface area contributed by atoms with Crippen LogP contribution in [0.5, 0.6) is 0 Å². The molecule has 0 spiro atoms. The van der Waals surface area contributed by atoms with Crippen molar-refractivity contribution in [2.75, 3.05) is 36.2 Å². The van der Waals surface area contributed by atoms with Crippen molar-refractivity contribution in [3.05, 3.63) is 11.8 Å². The molecule has 0 saturated heterocycles. The first kappa shape index (κ1) is 14.1. The van der Waals surface area contributed by atoms with Crippen molar-refractivity contribution >= 4 is 23.5 Å². The summed E-state index contributed by atoms with van der Waals surface area (Å²) in [4.78, 5) is 8.41. The van der Waals surface area contributed by atoms with Crippen LogP contribution in [-0.4, -0.2) is 46.3 Å². The normalized spacial score (nSPS) is 14.2. The molecule has 1 aromatic rings. The lowest BCUT2D eigenvalue weighted by Gasteiger charge is -2.23. The number of rotatable bonds is 6.